The fraction of sp³-hybridized carbons (Fsp3) is 1.00. The van der Waals surface area contributed by atoms with Gasteiger partial charge in [-0.15, -0.1) is 0 Å². The molecule has 2 aliphatic rings. The largest absolute Gasteiger partial charge is 0.301 e. The Bertz CT molecular complexity index is 183. The van der Waals surface area contributed by atoms with Gasteiger partial charge in [0, 0.05) is 34.4 Å². The molecule has 0 aromatic carbocycles. The summed E-state index contributed by atoms with van der Waals surface area (Å²) in [7, 11) is 1.70. The zero-order valence-corrected chi connectivity index (χ0v) is 9.82. The lowest BCUT2D eigenvalue weighted by Gasteiger charge is -2.53. The maximum Gasteiger partial charge on any atom is 0.0252 e. The minimum Gasteiger partial charge on any atom is -0.301 e. The molecule has 0 aromatic heterocycles. The molecular weight excluding hydrogens is 182 g/mol. The monoisotopic (exact) mass is 203 g/mol. The molecule has 2 nitrogen and oxygen atoms in total. The van der Waals surface area contributed by atoms with Crippen molar-refractivity contribution in [1.29, 1.82) is 0 Å². The molecule has 2 heterocycles. The Balaban J connectivity index is 0.000000396. The first kappa shape index (κ1) is 11.2. The fourth-order valence-electron chi connectivity index (χ4n) is 2.12. The molecule has 2 saturated heterocycles. The summed E-state index contributed by atoms with van der Waals surface area (Å²) >= 11 is 0. The lowest BCUT2D eigenvalue weighted by atomic mass is 9.80. The van der Waals surface area contributed by atoms with Gasteiger partial charge in [0.2, 0.25) is 0 Å². The molecule has 0 aliphatic carbocycles. The predicted molar refractivity (Wildman–Crippen MR) is 58.4 cm³/mol. The summed E-state index contributed by atoms with van der Waals surface area (Å²) in [5.74, 6) is 1.87. The number of hydrogen-bond acceptors (Lipinski definition) is 2. The second-order valence-electron chi connectivity index (χ2n) is 3.74. The molecule has 0 atom stereocenters. The van der Waals surface area contributed by atoms with E-state index in [0.29, 0.717) is 5.54 Å². The second kappa shape index (κ2) is 4.56. The molecule has 0 radical (unpaired) electrons. The SMILES string of the molecule is CC.CN1CCC12CCS(=O)CC2. The highest BCUT2D eigenvalue weighted by molar-refractivity contribution is 7.85. The van der Waals surface area contributed by atoms with E-state index in [2.05, 4.69) is 11.9 Å². The standard InChI is InChI=1S/C8H15NOS.C2H6/c1-9-5-2-8(9)3-6-11(10)7-4-8;1-2/h2-7H2,1H3;1-2H3. The van der Waals surface area contributed by atoms with Crippen molar-refractivity contribution in [3.05, 3.63) is 0 Å². The van der Waals surface area contributed by atoms with Crippen LogP contribution in [0.1, 0.15) is 33.1 Å². The first-order valence-corrected chi connectivity index (χ1v) is 6.78. The van der Waals surface area contributed by atoms with Gasteiger partial charge >= 0.3 is 0 Å². The van der Waals surface area contributed by atoms with Crippen LogP contribution in [0.5, 0.6) is 0 Å². The van der Waals surface area contributed by atoms with Gasteiger partial charge in [-0.3, -0.25) is 4.21 Å². The number of hydrogen-bond donors (Lipinski definition) is 0. The van der Waals surface area contributed by atoms with E-state index < -0.39 is 10.8 Å². The zero-order chi connectivity index (χ0) is 9.90. The van der Waals surface area contributed by atoms with Gasteiger partial charge in [0.1, 0.15) is 0 Å². The molecule has 13 heavy (non-hydrogen) atoms. The van der Waals surface area contributed by atoms with Crippen molar-refractivity contribution in [1.82, 2.24) is 4.90 Å². The fourth-order valence-corrected chi connectivity index (χ4v) is 3.54. The average Bonchev–Trinajstić information content (AvgIpc) is 2.20. The van der Waals surface area contributed by atoms with Gasteiger partial charge in [-0.05, 0) is 26.3 Å². The molecule has 2 rings (SSSR count). The van der Waals surface area contributed by atoms with Crippen LogP contribution in [0.25, 0.3) is 0 Å². The third-order valence-corrected chi connectivity index (χ3v) is 4.63. The van der Waals surface area contributed by atoms with Crippen molar-refractivity contribution in [3.63, 3.8) is 0 Å². The summed E-state index contributed by atoms with van der Waals surface area (Å²) in [4.78, 5) is 2.43. The van der Waals surface area contributed by atoms with Crippen LogP contribution in [0, 0.1) is 0 Å². The minimum absolute atomic E-state index is 0.480. The van der Waals surface area contributed by atoms with Gasteiger partial charge in [-0.25, -0.2) is 0 Å². The highest BCUT2D eigenvalue weighted by atomic mass is 32.2. The summed E-state index contributed by atoms with van der Waals surface area (Å²) in [5.41, 5.74) is 0.480. The molecule has 2 fully saturated rings. The lowest BCUT2D eigenvalue weighted by molar-refractivity contribution is 0.00332. The van der Waals surface area contributed by atoms with Gasteiger partial charge in [-0.2, -0.15) is 0 Å². The van der Waals surface area contributed by atoms with E-state index in [1.807, 2.05) is 13.8 Å². The number of likely N-dealkylation sites (tertiary alicyclic amines) is 1. The quantitative estimate of drug-likeness (QED) is 0.596. The molecule has 0 saturated carbocycles. The summed E-state index contributed by atoms with van der Waals surface area (Å²) < 4.78 is 11.1. The van der Waals surface area contributed by atoms with E-state index in [9.17, 15) is 4.21 Å². The highest BCUT2D eigenvalue weighted by Crippen LogP contribution is 2.38. The molecule has 1 spiro atoms. The molecule has 78 valence electrons. The first-order chi connectivity index (χ1) is 6.23. The van der Waals surface area contributed by atoms with Crippen LogP contribution in [0.2, 0.25) is 0 Å². The number of nitrogens with zero attached hydrogens (tertiary/aromatic N) is 1. The maximum absolute atomic E-state index is 11.1. The second-order valence-corrected chi connectivity index (χ2v) is 5.44. The number of rotatable bonds is 0. The molecule has 0 N–H and O–H groups in total. The van der Waals surface area contributed by atoms with Crippen LogP contribution in [0.4, 0.5) is 0 Å². The van der Waals surface area contributed by atoms with E-state index in [-0.39, 0.29) is 0 Å². The minimum atomic E-state index is -0.496. The Kier molecular flexibility index (Phi) is 3.92. The predicted octanol–water partition coefficient (Wildman–Crippen LogP) is 1.63. The van der Waals surface area contributed by atoms with E-state index in [4.69, 9.17) is 0 Å². The van der Waals surface area contributed by atoms with Crippen molar-refractivity contribution in [2.45, 2.75) is 38.6 Å². The van der Waals surface area contributed by atoms with Crippen LogP contribution >= 0.6 is 0 Å². The van der Waals surface area contributed by atoms with Crippen LogP contribution in [0.15, 0.2) is 0 Å². The van der Waals surface area contributed by atoms with Gasteiger partial charge in [0.15, 0.2) is 0 Å². The van der Waals surface area contributed by atoms with Gasteiger partial charge in [0.25, 0.3) is 0 Å². The third kappa shape index (κ3) is 2.13. The van der Waals surface area contributed by atoms with Gasteiger partial charge in [-0.1, -0.05) is 13.8 Å². The molecule has 0 amide bonds. The molecule has 2 aliphatic heterocycles. The normalized spacial score (nSPS) is 39.2. The first-order valence-electron chi connectivity index (χ1n) is 5.29. The summed E-state index contributed by atoms with van der Waals surface area (Å²) in [5, 5.41) is 0. The van der Waals surface area contributed by atoms with E-state index in [1.165, 1.54) is 13.0 Å². The van der Waals surface area contributed by atoms with E-state index >= 15 is 0 Å². The van der Waals surface area contributed by atoms with Crippen molar-refractivity contribution in [2.24, 2.45) is 0 Å². The summed E-state index contributed by atoms with van der Waals surface area (Å²) in [6.45, 7) is 5.24. The molecular formula is C10H21NOS. The molecule has 0 bridgehead atoms. The van der Waals surface area contributed by atoms with E-state index in [1.54, 1.807) is 0 Å². The Labute approximate surface area is 84.2 Å². The van der Waals surface area contributed by atoms with Gasteiger partial charge < -0.3 is 4.90 Å². The Hall–Kier alpha value is 0.110. The summed E-state index contributed by atoms with van der Waals surface area (Å²) in [6, 6.07) is 0. The van der Waals surface area contributed by atoms with Crippen LogP contribution in [-0.4, -0.2) is 39.7 Å². The van der Waals surface area contributed by atoms with Gasteiger partial charge in [0.05, 0.1) is 0 Å². The Morgan fingerprint density at radius 1 is 1.15 bits per heavy atom. The van der Waals surface area contributed by atoms with Crippen LogP contribution < -0.4 is 0 Å². The highest BCUT2D eigenvalue weighted by Gasteiger charge is 2.43. The summed E-state index contributed by atoms with van der Waals surface area (Å²) in [6.07, 6.45) is 3.66. The molecule has 0 aromatic rings. The van der Waals surface area contributed by atoms with Crippen molar-refractivity contribution in [2.75, 3.05) is 25.1 Å². The Morgan fingerprint density at radius 2 is 1.69 bits per heavy atom. The maximum atomic E-state index is 11.1. The Morgan fingerprint density at radius 3 is 2.00 bits per heavy atom. The van der Waals surface area contributed by atoms with Crippen molar-refractivity contribution >= 4 is 10.8 Å². The van der Waals surface area contributed by atoms with E-state index in [0.717, 1.165) is 24.3 Å². The topological polar surface area (TPSA) is 20.3 Å². The average molecular weight is 203 g/mol. The third-order valence-electron chi connectivity index (χ3n) is 3.31. The van der Waals surface area contributed by atoms with Crippen molar-refractivity contribution in [3.8, 4) is 0 Å². The smallest absolute Gasteiger partial charge is 0.0252 e. The lowest BCUT2D eigenvalue weighted by Crippen LogP contribution is -2.60. The molecule has 3 heteroatoms. The zero-order valence-electron chi connectivity index (χ0n) is 9.01. The molecule has 0 unspecified atom stereocenters. The van der Waals surface area contributed by atoms with Crippen LogP contribution in [-0.2, 0) is 10.8 Å². The van der Waals surface area contributed by atoms with Crippen molar-refractivity contribution < 1.29 is 4.21 Å². The van der Waals surface area contributed by atoms with Crippen LogP contribution in [0.3, 0.4) is 0 Å².